The zero-order chi connectivity index (χ0) is 17.9. The quantitative estimate of drug-likeness (QED) is 0.778. The van der Waals surface area contributed by atoms with Gasteiger partial charge in [0, 0.05) is 5.57 Å². The van der Waals surface area contributed by atoms with Gasteiger partial charge in [0.1, 0.15) is 0 Å². The van der Waals surface area contributed by atoms with E-state index in [1.54, 1.807) is 14.0 Å². The normalized spacial score (nSPS) is 16.7. The molecule has 1 N–H and O–H groups in total. The van der Waals surface area contributed by atoms with E-state index in [-0.39, 0.29) is 11.5 Å². The first-order chi connectivity index (χ1) is 11.2. The zero-order valence-electron chi connectivity index (χ0n) is 15.3. The van der Waals surface area contributed by atoms with Gasteiger partial charge in [0.05, 0.1) is 13.2 Å². The molecule has 1 aromatic carbocycles. The molecule has 0 heterocycles. The number of hydrogen-bond donors (Lipinski definition) is 1. The van der Waals surface area contributed by atoms with Gasteiger partial charge >= 0.3 is 5.97 Å². The summed E-state index contributed by atoms with van der Waals surface area (Å²) in [6, 6.07) is 5.69. The van der Waals surface area contributed by atoms with Crippen molar-refractivity contribution in [3.05, 3.63) is 29.3 Å². The van der Waals surface area contributed by atoms with Crippen molar-refractivity contribution in [2.45, 2.75) is 59.5 Å². The predicted molar refractivity (Wildman–Crippen MR) is 95.6 cm³/mol. The molecule has 4 heteroatoms. The topological polar surface area (TPSA) is 55.8 Å². The summed E-state index contributed by atoms with van der Waals surface area (Å²) < 4.78 is 11.6. The maximum absolute atomic E-state index is 11.5. The van der Waals surface area contributed by atoms with E-state index in [0.29, 0.717) is 17.1 Å². The smallest absolute Gasteiger partial charge is 0.331 e. The Hall–Kier alpha value is -1.97. The van der Waals surface area contributed by atoms with Gasteiger partial charge in [-0.05, 0) is 61.3 Å². The van der Waals surface area contributed by atoms with Gasteiger partial charge in [-0.1, -0.05) is 26.8 Å². The third-order valence-electron chi connectivity index (χ3n) is 4.49. The molecule has 0 spiro atoms. The summed E-state index contributed by atoms with van der Waals surface area (Å²) in [5.41, 5.74) is 1.76. The molecule has 0 unspecified atom stereocenters. The summed E-state index contributed by atoms with van der Waals surface area (Å²) >= 11 is 0. The zero-order valence-corrected chi connectivity index (χ0v) is 15.3. The van der Waals surface area contributed by atoms with Crippen molar-refractivity contribution in [1.82, 2.24) is 0 Å². The van der Waals surface area contributed by atoms with Crippen LogP contribution in [-0.4, -0.2) is 24.3 Å². The molecule has 0 radical (unpaired) electrons. The van der Waals surface area contributed by atoms with E-state index in [1.165, 1.54) is 12.8 Å². The van der Waals surface area contributed by atoms with Crippen LogP contribution in [0.25, 0.3) is 5.57 Å². The molecule has 24 heavy (non-hydrogen) atoms. The van der Waals surface area contributed by atoms with Crippen LogP contribution in [0.15, 0.2) is 23.8 Å². The molecule has 1 saturated carbocycles. The number of rotatable bonds is 5. The molecule has 1 fully saturated rings. The minimum Gasteiger partial charge on any atom is -0.493 e. The maximum atomic E-state index is 11.5. The molecule has 132 valence electrons. The lowest BCUT2D eigenvalue weighted by molar-refractivity contribution is -0.132. The summed E-state index contributed by atoms with van der Waals surface area (Å²) in [4.78, 5) is 11.5. The van der Waals surface area contributed by atoms with E-state index >= 15 is 0 Å². The maximum Gasteiger partial charge on any atom is 0.331 e. The van der Waals surface area contributed by atoms with Crippen molar-refractivity contribution < 1.29 is 19.4 Å². The number of methoxy groups -OCH3 is 1. The third-order valence-corrected chi connectivity index (χ3v) is 4.49. The van der Waals surface area contributed by atoms with Crippen LogP contribution in [-0.2, 0) is 4.79 Å². The van der Waals surface area contributed by atoms with Gasteiger partial charge in [-0.25, -0.2) is 4.79 Å². The van der Waals surface area contributed by atoms with Gasteiger partial charge < -0.3 is 14.6 Å². The number of carbonyl (C=O) groups is 1. The Labute approximate surface area is 144 Å². The van der Waals surface area contributed by atoms with Gasteiger partial charge in [-0.2, -0.15) is 0 Å². The molecule has 1 aliphatic rings. The lowest BCUT2D eigenvalue weighted by Gasteiger charge is -2.26. The summed E-state index contributed by atoms with van der Waals surface area (Å²) in [5, 5.41) is 9.46. The van der Waals surface area contributed by atoms with Crippen molar-refractivity contribution in [2.75, 3.05) is 7.11 Å². The van der Waals surface area contributed by atoms with Crippen molar-refractivity contribution in [3.8, 4) is 11.5 Å². The highest BCUT2D eigenvalue weighted by Crippen LogP contribution is 2.41. The van der Waals surface area contributed by atoms with Gasteiger partial charge in [0.25, 0.3) is 0 Å². The van der Waals surface area contributed by atoms with E-state index in [4.69, 9.17) is 9.47 Å². The second-order valence-electron chi connectivity index (χ2n) is 7.45. The van der Waals surface area contributed by atoms with Crippen molar-refractivity contribution in [2.24, 2.45) is 5.41 Å². The van der Waals surface area contributed by atoms with E-state index in [0.717, 1.165) is 24.0 Å². The number of benzene rings is 1. The van der Waals surface area contributed by atoms with Crippen LogP contribution in [0.5, 0.6) is 11.5 Å². The van der Waals surface area contributed by atoms with Crippen LogP contribution >= 0.6 is 0 Å². The van der Waals surface area contributed by atoms with Crippen molar-refractivity contribution in [3.63, 3.8) is 0 Å². The molecule has 2 rings (SSSR count). The fourth-order valence-electron chi connectivity index (χ4n) is 3.43. The van der Waals surface area contributed by atoms with Gasteiger partial charge in [-0.3, -0.25) is 0 Å². The molecule has 0 atom stereocenters. The Balaban J connectivity index is 2.48. The molecule has 0 amide bonds. The van der Waals surface area contributed by atoms with Gasteiger partial charge in [0.15, 0.2) is 11.5 Å². The van der Waals surface area contributed by atoms with Gasteiger partial charge in [0.2, 0.25) is 0 Å². The number of carboxylic acids is 1. The third kappa shape index (κ3) is 4.11. The number of ether oxygens (including phenoxy) is 2. The van der Waals surface area contributed by atoms with Crippen molar-refractivity contribution in [1.29, 1.82) is 0 Å². The molecule has 0 bridgehead atoms. The highest BCUT2D eigenvalue weighted by Gasteiger charge is 2.26. The van der Waals surface area contributed by atoms with E-state index in [9.17, 15) is 9.90 Å². The fourth-order valence-corrected chi connectivity index (χ4v) is 3.43. The van der Waals surface area contributed by atoms with E-state index in [1.807, 2.05) is 39.0 Å². The largest absolute Gasteiger partial charge is 0.493 e. The van der Waals surface area contributed by atoms with Crippen LogP contribution in [0.1, 0.15) is 58.9 Å². The number of carboxylic acid groups (broad SMARTS) is 1. The van der Waals surface area contributed by atoms with E-state index in [2.05, 4.69) is 0 Å². The highest BCUT2D eigenvalue weighted by molar-refractivity contribution is 5.97. The Kier molecular flexibility index (Phi) is 5.58. The van der Waals surface area contributed by atoms with Crippen LogP contribution in [0.4, 0.5) is 0 Å². The monoisotopic (exact) mass is 332 g/mol. The summed E-state index contributed by atoms with van der Waals surface area (Å²) in [6.45, 7) is 7.73. The SMILES string of the molecule is COc1ccc(/C(=C(\C)C(=O)O)C(C)(C)C)cc1OC1CCCC1. The second kappa shape index (κ2) is 7.29. The first-order valence-corrected chi connectivity index (χ1v) is 8.53. The Morgan fingerprint density at radius 3 is 2.29 bits per heavy atom. The van der Waals surface area contributed by atoms with Crippen LogP contribution < -0.4 is 9.47 Å². The lowest BCUT2D eigenvalue weighted by Crippen LogP contribution is -2.15. The van der Waals surface area contributed by atoms with Gasteiger partial charge in [-0.15, -0.1) is 0 Å². The molecule has 1 aromatic rings. The van der Waals surface area contributed by atoms with Crippen LogP contribution in [0.2, 0.25) is 0 Å². The molecular weight excluding hydrogens is 304 g/mol. The standard InChI is InChI=1S/C20H28O4/c1-13(19(21)22)18(20(2,3)4)14-10-11-16(23-5)17(12-14)24-15-8-6-7-9-15/h10-12,15H,6-9H2,1-5H3,(H,21,22)/b18-13-. The van der Waals surface area contributed by atoms with Crippen LogP contribution in [0, 0.1) is 5.41 Å². The van der Waals surface area contributed by atoms with Crippen LogP contribution in [0.3, 0.4) is 0 Å². The minimum atomic E-state index is -0.894. The molecule has 1 aliphatic carbocycles. The summed E-state index contributed by atoms with van der Waals surface area (Å²) in [6.07, 6.45) is 4.72. The molecule has 0 aliphatic heterocycles. The summed E-state index contributed by atoms with van der Waals surface area (Å²) in [5.74, 6) is 0.489. The Bertz CT molecular complexity index is 632. The van der Waals surface area contributed by atoms with Crippen molar-refractivity contribution >= 4 is 11.5 Å². The average molecular weight is 332 g/mol. The molecular formula is C20H28O4. The Morgan fingerprint density at radius 2 is 1.79 bits per heavy atom. The molecule has 4 nitrogen and oxygen atoms in total. The average Bonchev–Trinajstić information content (AvgIpc) is 2.99. The lowest BCUT2D eigenvalue weighted by atomic mass is 9.79. The number of allylic oxidation sites excluding steroid dienone is 1. The summed E-state index contributed by atoms with van der Waals surface area (Å²) in [7, 11) is 1.62. The fraction of sp³-hybridized carbons (Fsp3) is 0.550. The second-order valence-corrected chi connectivity index (χ2v) is 7.45. The molecule has 0 aromatic heterocycles. The predicted octanol–water partition coefficient (Wildman–Crippen LogP) is 4.92. The van der Waals surface area contributed by atoms with E-state index < -0.39 is 5.97 Å². The molecule has 0 saturated heterocycles. The number of hydrogen-bond acceptors (Lipinski definition) is 3. The first kappa shape index (κ1) is 18.4. The highest BCUT2D eigenvalue weighted by atomic mass is 16.5. The first-order valence-electron chi connectivity index (χ1n) is 8.53. The number of aliphatic carboxylic acids is 1. The minimum absolute atomic E-state index is 0.219. The Morgan fingerprint density at radius 1 is 1.17 bits per heavy atom.